The lowest BCUT2D eigenvalue weighted by atomic mass is 9.98. The van der Waals surface area contributed by atoms with Crippen LogP contribution in [0.25, 0.3) is 0 Å². The van der Waals surface area contributed by atoms with Crippen LogP contribution in [0.1, 0.15) is 24.5 Å². The number of allylic oxidation sites excluding steroid dienone is 4. The first-order valence-electron chi connectivity index (χ1n) is 5.67. The molecule has 0 heteroatoms. The van der Waals surface area contributed by atoms with E-state index in [1.807, 2.05) is 12.2 Å². The second-order valence-corrected chi connectivity index (χ2v) is 4.12. The summed E-state index contributed by atoms with van der Waals surface area (Å²) in [4.78, 5) is 0. The van der Waals surface area contributed by atoms with Gasteiger partial charge >= 0.3 is 0 Å². The second-order valence-electron chi connectivity index (χ2n) is 4.12. The van der Waals surface area contributed by atoms with Gasteiger partial charge in [0.2, 0.25) is 0 Å². The van der Waals surface area contributed by atoms with Gasteiger partial charge in [-0.3, -0.25) is 0 Å². The predicted molar refractivity (Wildman–Crippen MR) is 72.6 cm³/mol. The Kier molecular flexibility index (Phi) is 4.78. The third-order valence-electron chi connectivity index (χ3n) is 2.88. The molecule has 0 aromatic heterocycles. The maximum atomic E-state index is 4.10. The fraction of sp³-hybridized carbons (Fsp3) is 0.250. The van der Waals surface area contributed by atoms with Crippen molar-refractivity contribution in [1.29, 1.82) is 0 Å². The van der Waals surface area contributed by atoms with Crippen molar-refractivity contribution in [2.75, 3.05) is 0 Å². The van der Waals surface area contributed by atoms with Crippen molar-refractivity contribution in [1.82, 2.24) is 0 Å². The Labute approximate surface area is 99.0 Å². The minimum Gasteiger partial charge on any atom is -0.0991 e. The highest BCUT2D eigenvalue weighted by molar-refractivity contribution is 5.32. The number of hydrogen-bond donors (Lipinski definition) is 0. The number of aryl methyl sites for hydroxylation is 2. The largest absolute Gasteiger partial charge is 0.0991 e. The second kappa shape index (κ2) is 6.12. The van der Waals surface area contributed by atoms with Gasteiger partial charge in [0, 0.05) is 0 Å². The van der Waals surface area contributed by atoms with Crippen molar-refractivity contribution < 1.29 is 0 Å². The van der Waals surface area contributed by atoms with Gasteiger partial charge < -0.3 is 0 Å². The molecule has 0 aliphatic rings. The summed E-state index contributed by atoms with van der Waals surface area (Å²) >= 11 is 0. The van der Waals surface area contributed by atoms with Gasteiger partial charge in [0.15, 0.2) is 0 Å². The first-order valence-corrected chi connectivity index (χ1v) is 5.67. The monoisotopic (exact) mass is 212 g/mol. The number of hydrogen-bond acceptors (Lipinski definition) is 0. The lowest BCUT2D eigenvalue weighted by molar-refractivity contribution is 0.942. The minimum atomic E-state index is 1.01. The normalized spacial score (nSPS) is 11.2. The van der Waals surface area contributed by atoms with E-state index in [2.05, 4.69) is 51.3 Å². The summed E-state index contributed by atoms with van der Waals surface area (Å²) in [7, 11) is 0. The molecule has 0 saturated carbocycles. The van der Waals surface area contributed by atoms with E-state index in [4.69, 9.17) is 0 Å². The maximum Gasteiger partial charge on any atom is -0.0236 e. The van der Waals surface area contributed by atoms with Crippen LogP contribution >= 0.6 is 0 Å². The van der Waals surface area contributed by atoms with Gasteiger partial charge in [-0.05, 0) is 43.4 Å². The van der Waals surface area contributed by atoms with Crippen LogP contribution in [0, 0.1) is 6.92 Å². The molecule has 0 spiro atoms. The number of benzene rings is 1. The highest BCUT2D eigenvalue weighted by Crippen LogP contribution is 2.16. The van der Waals surface area contributed by atoms with Crippen LogP contribution in [0.15, 0.2) is 60.7 Å². The molecule has 0 aliphatic carbocycles. The molecule has 0 bridgehead atoms. The van der Waals surface area contributed by atoms with E-state index in [0.29, 0.717) is 0 Å². The molecule has 1 aromatic rings. The zero-order valence-corrected chi connectivity index (χ0v) is 10.3. The quantitative estimate of drug-likeness (QED) is 0.625. The van der Waals surface area contributed by atoms with Gasteiger partial charge in [-0.1, -0.05) is 55.1 Å². The van der Waals surface area contributed by atoms with Crippen LogP contribution in [-0.2, 0) is 6.42 Å². The van der Waals surface area contributed by atoms with Crippen LogP contribution < -0.4 is 0 Å². The van der Waals surface area contributed by atoms with E-state index < -0.39 is 0 Å². The average molecular weight is 212 g/mol. The summed E-state index contributed by atoms with van der Waals surface area (Å²) in [5.41, 5.74) is 5.20. The zero-order chi connectivity index (χ0) is 12.0. The Morgan fingerprint density at radius 1 is 1.31 bits per heavy atom. The fourth-order valence-electron chi connectivity index (χ4n) is 1.67. The molecule has 1 rings (SSSR count). The zero-order valence-electron chi connectivity index (χ0n) is 10.3. The third kappa shape index (κ3) is 3.54. The van der Waals surface area contributed by atoms with E-state index in [1.54, 1.807) is 0 Å². The molecule has 0 aliphatic heterocycles. The van der Waals surface area contributed by atoms with Crippen molar-refractivity contribution in [2.24, 2.45) is 0 Å². The van der Waals surface area contributed by atoms with Gasteiger partial charge in [0.05, 0.1) is 0 Å². The van der Waals surface area contributed by atoms with Crippen molar-refractivity contribution in [3.63, 3.8) is 0 Å². The van der Waals surface area contributed by atoms with E-state index in [-0.39, 0.29) is 0 Å². The smallest absolute Gasteiger partial charge is 0.0236 e. The summed E-state index contributed by atoms with van der Waals surface area (Å²) in [6.07, 6.45) is 5.91. The molecule has 0 unspecified atom stereocenters. The van der Waals surface area contributed by atoms with Crippen LogP contribution in [-0.4, -0.2) is 0 Å². The highest BCUT2D eigenvalue weighted by Gasteiger charge is 2.00. The van der Waals surface area contributed by atoms with Gasteiger partial charge in [-0.2, -0.15) is 0 Å². The SMILES string of the molecule is C=C/C=C(/C)C(=C)CCc1ccccc1C. The van der Waals surface area contributed by atoms with Crippen molar-refractivity contribution in [2.45, 2.75) is 26.7 Å². The Balaban J connectivity index is 2.59. The van der Waals surface area contributed by atoms with Crippen molar-refractivity contribution >= 4 is 0 Å². The topological polar surface area (TPSA) is 0 Å². The molecular formula is C16H20. The highest BCUT2D eigenvalue weighted by atomic mass is 14.1. The Morgan fingerprint density at radius 2 is 2.00 bits per heavy atom. The first kappa shape index (κ1) is 12.5. The molecule has 0 N–H and O–H groups in total. The molecule has 0 saturated heterocycles. The molecule has 0 radical (unpaired) electrons. The minimum absolute atomic E-state index is 1.01. The molecule has 0 fully saturated rings. The molecule has 16 heavy (non-hydrogen) atoms. The van der Waals surface area contributed by atoms with E-state index in [0.717, 1.165) is 12.8 Å². The van der Waals surface area contributed by atoms with E-state index >= 15 is 0 Å². The van der Waals surface area contributed by atoms with Gasteiger partial charge in [0.25, 0.3) is 0 Å². The molecule has 0 nitrogen and oxygen atoms in total. The lowest BCUT2D eigenvalue weighted by Crippen LogP contribution is -1.92. The third-order valence-corrected chi connectivity index (χ3v) is 2.88. The first-order chi connectivity index (χ1) is 7.65. The fourth-order valence-corrected chi connectivity index (χ4v) is 1.67. The summed E-state index contributed by atoms with van der Waals surface area (Å²) in [5.74, 6) is 0. The average Bonchev–Trinajstić information content (AvgIpc) is 2.28. The van der Waals surface area contributed by atoms with Gasteiger partial charge in [-0.25, -0.2) is 0 Å². The van der Waals surface area contributed by atoms with Crippen molar-refractivity contribution in [3.8, 4) is 0 Å². The van der Waals surface area contributed by atoms with Gasteiger partial charge in [-0.15, -0.1) is 0 Å². The summed E-state index contributed by atoms with van der Waals surface area (Å²) in [5, 5.41) is 0. The van der Waals surface area contributed by atoms with Crippen LogP contribution in [0.5, 0.6) is 0 Å². The predicted octanol–water partition coefficient (Wildman–Crippen LogP) is 4.62. The van der Waals surface area contributed by atoms with Crippen molar-refractivity contribution in [3.05, 3.63) is 71.8 Å². The summed E-state index contributed by atoms with van der Waals surface area (Å²) in [6, 6.07) is 8.52. The molecule has 0 heterocycles. The summed E-state index contributed by atoms with van der Waals surface area (Å²) < 4.78 is 0. The van der Waals surface area contributed by atoms with E-state index in [9.17, 15) is 0 Å². The Morgan fingerprint density at radius 3 is 2.62 bits per heavy atom. The Hall–Kier alpha value is -1.56. The standard InChI is InChI=1S/C16H20/c1-5-8-13(2)14(3)11-12-16-10-7-6-9-15(16)4/h5-10H,1,3,11-12H2,2,4H3/b13-8-. The van der Waals surface area contributed by atoms with Gasteiger partial charge in [0.1, 0.15) is 0 Å². The molecule has 84 valence electrons. The molecule has 1 aromatic carbocycles. The maximum absolute atomic E-state index is 4.10. The lowest BCUT2D eigenvalue weighted by Gasteiger charge is -2.08. The van der Waals surface area contributed by atoms with Crippen LogP contribution in [0.4, 0.5) is 0 Å². The summed E-state index contributed by atoms with van der Waals surface area (Å²) in [6.45, 7) is 12.0. The molecule has 0 amide bonds. The molecule has 0 atom stereocenters. The van der Waals surface area contributed by atoms with E-state index in [1.165, 1.54) is 22.3 Å². The molecular weight excluding hydrogens is 192 g/mol. The number of rotatable bonds is 5. The van der Waals surface area contributed by atoms with Crippen LogP contribution in [0.3, 0.4) is 0 Å². The van der Waals surface area contributed by atoms with Crippen LogP contribution in [0.2, 0.25) is 0 Å². The Bertz CT molecular complexity index is 408.